The standard InChI is InChI=1S/C18H19ClN2O3/c19-16-11-14(13-3-1-2-4-15(13)20-16)17(22)21-7-5-12(6-8-21)18-23-9-10-24-18/h1-4,11-12,18H,5-10H2. The molecule has 0 aliphatic carbocycles. The van der Waals surface area contributed by atoms with E-state index in [1.54, 1.807) is 6.07 Å². The second-order valence-corrected chi connectivity index (χ2v) is 6.64. The van der Waals surface area contributed by atoms with Crippen molar-refractivity contribution in [2.24, 2.45) is 5.92 Å². The first-order chi connectivity index (χ1) is 11.7. The summed E-state index contributed by atoms with van der Waals surface area (Å²) in [6, 6.07) is 9.27. The fraction of sp³-hybridized carbons (Fsp3) is 0.444. The molecule has 1 amide bonds. The molecule has 24 heavy (non-hydrogen) atoms. The summed E-state index contributed by atoms with van der Waals surface area (Å²) in [6.45, 7) is 2.76. The van der Waals surface area contributed by atoms with E-state index in [1.165, 1.54) is 0 Å². The molecule has 2 aliphatic heterocycles. The quantitative estimate of drug-likeness (QED) is 0.784. The largest absolute Gasteiger partial charge is 0.350 e. The highest BCUT2D eigenvalue weighted by Gasteiger charge is 2.32. The van der Waals surface area contributed by atoms with Crippen molar-refractivity contribution in [3.63, 3.8) is 0 Å². The molecule has 0 saturated carbocycles. The zero-order chi connectivity index (χ0) is 16.5. The molecule has 2 aliphatic rings. The normalized spacial score (nSPS) is 20.0. The molecule has 3 heterocycles. The van der Waals surface area contributed by atoms with Crippen molar-refractivity contribution < 1.29 is 14.3 Å². The van der Waals surface area contributed by atoms with Crippen LogP contribution >= 0.6 is 11.6 Å². The van der Waals surface area contributed by atoms with E-state index < -0.39 is 0 Å². The van der Waals surface area contributed by atoms with Gasteiger partial charge in [0, 0.05) is 24.4 Å². The van der Waals surface area contributed by atoms with Crippen molar-refractivity contribution >= 4 is 28.4 Å². The molecule has 126 valence electrons. The Bertz CT molecular complexity index is 753. The minimum absolute atomic E-state index is 0.0159. The number of halogens is 1. The van der Waals surface area contributed by atoms with Crippen LogP contribution in [0.4, 0.5) is 0 Å². The van der Waals surface area contributed by atoms with Crippen molar-refractivity contribution in [1.29, 1.82) is 0 Å². The van der Waals surface area contributed by atoms with Gasteiger partial charge in [0.05, 0.1) is 24.3 Å². The third-order valence-electron chi connectivity index (χ3n) is 4.77. The average Bonchev–Trinajstić information content (AvgIpc) is 3.15. The Hall–Kier alpha value is -1.69. The lowest BCUT2D eigenvalue weighted by atomic mass is 9.95. The Morgan fingerprint density at radius 1 is 1.17 bits per heavy atom. The number of carbonyl (C=O) groups excluding carboxylic acids is 1. The van der Waals surface area contributed by atoms with Gasteiger partial charge in [0.2, 0.25) is 0 Å². The number of para-hydroxylation sites is 1. The van der Waals surface area contributed by atoms with Gasteiger partial charge in [-0.3, -0.25) is 4.79 Å². The van der Waals surface area contributed by atoms with Crippen LogP contribution in [0.25, 0.3) is 10.9 Å². The number of carbonyl (C=O) groups is 1. The molecule has 0 atom stereocenters. The lowest BCUT2D eigenvalue weighted by Gasteiger charge is -2.34. The highest BCUT2D eigenvalue weighted by molar-refractivity contribution is 6.30. The summed E-state index contributed by atoms with van der Waals surface area (Å²) in [4.78, 5) is 19.2. The van der Waals surface area contributed by atoms with E-state index in [1.807, 2.05) is 29.2 Å². The molecule has 0 bridgehead atoms. The van der Waals surface area contributed by atoms with Gasteiger partial charge in [0.1, 0.15) is 5.15 Å². The Morgan fingerprint density at radius 2 is 1.88 bits per heavy atom. The van der Waals surface area contributed by atoms with Crippen molar-refractivity contribution in [2.75, 3.05) is 26.3 Å². The molecule has 2 saturated heterocycles. The number of rotatable bonds is 2. The molecule has 1 aromatic carbocycles. The van der Waals surface area contributed by atoms with E-state index in [4.69, 9.17) is 21.1 Å². The molecule has 0 radical (unpaired) electrons. The summed E-state index contributed by atoms with van der Waals surface area (Å²) >= 11 is 6.10. The van der Waals surface area contributed by atoms with Gasteiger partial charge in [-0.25, -0.2) is 4.98 Å². The molecule has 1 aromatic heterocycles. The van der Waals surface area contributed by atoms with Crippen LogP contribution in [-0.2, 0) is 9.47 Å². The summed E-state index contributed by atoms with van der Waals surface area (Å²) in [5.41, 5.74) is 1.37. The second kappa shape index (κ2) is 6.67. The Balaban J connectivity index is 1.52. The van der Waals surface area contributed by atoms with Crippen LogP contribution < -0.4 is 0 Å². The van der Waals surface area contributed by atoms with Gasteiger partial charge in [0.25, 0.3) is 5.91 Å². The van der Waals surface area contributed by atoms with Gasteiger partial charge in [0.15, 0.2) is 6.29 Å². The second-order valence-electron chi connectivity index (χ2n) is 6.25. The van der Waals surface area contributed by atoms with Crippen molar-refractivity contribution in [3.05, 3.63) is 41.0 Å². The Labute approximate surface area is 145 Å². The van der Waals surface area contributed by atoms with Crippen LogP contribution in [0.3, 0.4) is 0 Å². The van der Waals surface area contributed by atoms with Gasteiger partial charge in [-0.05, 0) is 25.0 Å². The molecule has 0 N–H and O–H groups in total. The molecule has 2 aromatic rings. The average molecular weight is 347 g/mol. The molecule has 5 nitrogen and oxygen atoms in total. The molecule has 0 spiro atoms. The Morgan fingerprint density at radius 3 is 2.62 bits per heavy atom. The van der Waals surface area contributed by atoms with Crippen LogP contribution in [0, 0.1) is 5.92 Å². The number of hydrogen-bond donors (Lipinski definition) is 0. The van der Waals surface area contributed by atoms with E-state index >= 15 is 0 Å². The fourth-order valence-electron chi connectivity index (χ4n) is 3.51. The van der Waals surface area contributed by atoms with E-state index in [0.29, 0.717) is 42.9 Å². The number of benzene rings is 1. The number of nitrogens with zero attached hydrogens (tertiary/aromatic N) is 2. The van der Waals surface area contributed by atoms with Crippen LogP contribution in [0.5, 0.6) is 0 Å². The maximum atomic E-state index is 13.0. The maximum Gasteiger partial charge on any atom is 0.254 e. The Kier molecular flexibility index (Phi) is 4.39. The summed E-state index contributed by atoms with van der Waals surface area (Å²) in [5, 5.41) is 1.19. The molecular weight excluding hydrogens is 328 g/mol. The zero-order valence-electron chi connectivity index (χ0n) is 13.3. The fourth-order valence-corrected chi connectivity index (χ4v) is 3.71. The van der Waals surface area contributed by atoms with Crippen LogP contribution in [0.15, 0.2) is 30.3 Å². The number of aromatic nitrogens is 1. The van der Waals surface area contributed by atoms with Crippen molar-refractivity contribution in [1.82, 2.24) is 9.88 Å². The first kappa shape index (κ1) is 15.8. The van der Waals surface area contributed by atoms with Gasteiger partial charge >= 0.3 is 0 Å². The van der Waals surface area contributed by atoms with E-state index in [0.717, 1.165) is 23.7 Å². The third kappa shape index (κ3) is 2.99. The number of fused-ring (bicyclic) bond motifs is 1. The van der Waals surface area contributed by atoms with Gasteiger partial charge in [-0.2, -0.15) is 0 Å². The first-order valence-electron chi connectivity index (χ1n) is 8.30. The summed E-state index contributed by atoms with van der Waals surface area (Å²) in [7, 11) is 0. The number of ether oxygens (including phenoxy) is 2. The molecular formula is C18H19ClN2O3. The number of piperidine rings is 1. The van der Waals surface area contributed by atoms with Crippen LogP contribution in [0.1, 0.15) is 23.2 Å². The van der Waals surface area contributed by atoms with E-state index in [9.17, 15) is 4.79 Å². The first-order valence-corrected chi connectivity index (χ1v) is 8.68. The number of hydrogen-bond acceptors (Lipinski definition) is 4. The lowest BCUT2D eigenvalue weighted by molar-refractivity contribution is -0.0956. The highest BCUT2D eigenvalue weighted by atomic mass is 35.5. The summed E-state index contributed by atoms with van der Waals surface area (Å²) in [5.74, 6) is 0.386. The smallest absolute Gasteiger partial charge is 0.254 e. The zero-order valence-corrected chi connectivity index (χ0v) is 14.0. The predicted molar refractivity (Wildman–Crippen MR) is 91.1 cm³/mol. The summed E-state index contributed by atoms with van der Waals surface area (Å²) in [6.07, 6.45) is 1.69. The molecule has 2 fully saturated rings. The van der Waals surface area contributed by atoms with Gasteiger partial charge in [-0.1, -0.05) is 29.8 Å². The topological polar surface area (TPSA) is 51.7 Å². The van der Waals surface area contributed by atoms with E-state index in [2.05, 4.69) is 4.98 Å². The molecule has 6 heteroatoms. The minimum atomic E-state index is -0.0987. The van der Waals surface area contributed by atoms with Gasteiger partial charge < -0.3 is 14.4 Å². The number of likely N-dealkylation sites (tertiary alicyclic amines) is 1. The van der Waals surface area contributed by atoms with E-state index in [-0.39, 0.29) is 12.2 Å². The minimum Gasteiger partial charge on any atom is -0.350 e. The lowest BCUT2D eigenvalue weighted by Crippen LogP contribution is -2.41. The summed E-state index contributed by atoms with van der Waals surface area (Å²) < 4.78 is 11.2. The van der Waals surface area contributed by atoms with Crippen molar-refractivity contribution in [3.8, 4) is 0 Å². The highest BCUT2D eigenvalue weighted by Crippen LogP contribution is 2.28. The monoisotopic (exact) mass is 346 g/mol. The van der Waals surface area contributed by atoms with Crippen LogP contribution in [-0.4, -0.2) is 48.4 Å². The number of pyridine rings is 1. The SMILES string of the molecule is O=C(c1cc(Cl)nc2ccccc12)N1CCC(C2OCCO2)CC1. The van der Waals surface area contributed by atoms with Crippen molar-refractivity contribution in [2.45, 2.75) is 19.1 Å². The van der Waals surface area contributed by atoms with Gasteiger partial charge in [-0.15, -0.1) is 0 Å². The molecule has 4 rings (SSSR count). The number of amides is 1. The third-order valence-corrected chi connectivity index (χ3v) is 4.97. The maximum absolute atomic E-state index is 13.0. The predicted octanol–water partition coefficient (Wildman–Crippen LogP) is 3.11. The molecule has 0 unspecified atom stereocenters. The van der Waals surface area contributed by atoms with Crippen LogP contribution in [0.2, 0.25) is 5.15 Å².